The number of hydrogen-bond acceptors (Lipinski definition) is 2. The van der Waals surface area contributed by atoms with Crippen molar-refractivity contribution in [3.8, 4) is 0 Å². The van der Waals surface area contributed by atoms with Crippen LogP contribution in [-0.4, -0.2) is 20.8 Å². The molecule has 2 atom stereocenters. The summed E-state index contributed by atoms with van der Waals surface area (Å²) in [6, 6.07) is 10.2. The molecule has 1 heterocycles. The Morgan fingerprint density at radius 2 is 1.89 bits per heavy atom. The average molecular weight is 262 g/mol. The van der Waals surface area contributed by atoms with Crippen LogP contribution >= 0.6 is 0 Å². The van der Waals surface area contributed by atoms with Gasteiger partial charge in [-0.2, -0.15) is 0 Å². The summed E-state index contributed by atoms with van der Waals surface area (Å²) in [5.74, 6) is 0.961. The van der Waals surface area contributed by atoms with Gasteiger partial charge in [-0.1, -0.05) is 56.6 Å². The first kappa shape index (κ1) is 13.4. The third-order valence-corrected chi connectivity index (χ3v) is 5.91. The molecule has 3 heteroatoms. The number of hydrogen-bond donors (Lipinski definition) is 0. The van der Waals surface area contributed by atoms with Crippen LogP contribution in [0, 0.1) is 0 Å². The Hall–Kier alpha value is -1.06. The molecule has 0 aromatic heterocycles. The number of benzene rings is 1. The molecule has 0 aliphatic carbocycles. The predicted molar refractivity (Wildman–Crippen MR) is 77.2 cm³/mol. The Labute approximate surface area is 111 Å². The maximum atomic E-state index is 5.75. The molecule has 0 bridgehead atoms. The van der Waals surface area contributed by atoms with E-state index in [1.807, 2.05) is 18.2 Å². The standard InChI is InChI=1S/C15H22O2Si/c1-12-15(18(2,3)4)14(17-12)11-16-10-13-8-6-5-7-9-13/h5-9,14-15H,1,10-11H2,2-4H3. The maximum Gasteiger partial charge on any atom is 0.129 e. The van der Waals surface area contributed by atoms with Gasteiger partial charge in [0, 0.05) is 5.54 Å². The summed E-state index contributed by atoms with van der Waals surface area (Å²) in [5, 5.41) is 0. The Morgan fingerprint density at radius 3 is 2.44 bits per heavy atom. The second-order valence-corrected chi connectivity index (χ2v) is 11.3. The molecule has 1 saturated heterocycles. The van der Waals surface area contributed by atoms with E-state index in [-0.39, 0.29) is 6.10 Å². The minimum Gasteiger partial charge on any atom is -0.492 e. The summed E-state index contributed by atoms with van der Waals surface area (Å²) in [5.41, 5.74) is 1.74. The molecule has 2 rings (SSSR count). The van der Waals surface area contributed by atoms with Crippen molar-refractivity contribution in [1.82, 2.24) is 0 Å². The van der Waals surface area contributed by atoms with Crippen molar-refractivity contribution in [1.29, 1.82) is 0 Å². The molecule has 2 unspecified atom stereocenters. The van der Waals surface area contributed by atoms with Crippen molar-refractivity contribution in [2.75, 3.05) is 6.61 Å². The highest BCUT2D eigenvalue weighted by molar-refractivity contribution is 6.78. The third-order valence-electron chi connectivity index (χ3n) is 3.35. The normalized spacial score (nSPS) is 23.4. The highest BCUT2D eigenvalue weighted by atomic mass is 28.3. The summed E-state index contributed by atoms with van der Waals surface area (Å²) in [7, 11) is -1.23. The van der Waals surface area contributed by atoms with Crippen LogP contribution < -0.4 is 0 Å². The van der Waals surface area contributed by atoms with Crippen molar-refractivity contribution in [2.24, 2.45) is 0 Å². The minimum absolute atomic E-state index is 0.216. The molecular weight excluding hydrogens is 240 g/mol. The molecule has 0 spiro atoms. The van der Waals surface area contributed by atoms with Gasteiger partial charge in [0.05, 0.1) is 27.0 Å². The van der Waals surface area contributed by atoms with E-state index in [2.05, 4.69) is 38.4 Å². The molecule has 0 N–H and O–H groups in total. The van der Waals surface area contributed by atoms with E-state index < -0.39 is 8.07 Å². The first-order valence-corrected chi connectivity index (χ1v) is 10.0. The van der Waals surface area contributed by atoms with Crippen molar-refractivity contribution >= 4 is 8.07 Å². The van der Waals surface area contributed by atoms with Crippen LogP contribution in [0.2, 0.25) is 25.2 Å². The van der Waals surface area contributed by atoms with Crippen LogP contribution in [0.25, 0.3) is 0 Å². The third kappa shape index (κ3) is 3.03. The molecule has 0 amide bonds. The molecule has 1 aliphatic heterocycles. The van der Waals surface area contributed by atoms with Gasteiger partial charge in [0.25, 0.3) is 0 Å². The van der Waals surface area contributed by atoms with Crippen molar-refractivity contribution in [2.45, 2.75) is 37.9 Å². The highest BCUT2D eigenvalue weighted by Gasteiger charge is 2.45. The Morgan fingerprint density at radius 1 is 1.22 bits per heavy atom. The smallest absolute Gasteiger partial charge is 0.129 e. The van der Waals surface area contributed by atoms with Gasteiger partial charge in [0.15, 0.2) is 0 Å². The lowest BCUT2D eigenvalue weighted by Gasteiger charge is -2.45. The Balaban J connectivity index is 1.80. The van der Waals surface area contributed by atoms with Crippen molar-refractivity contribution in [3.05, 3.63) is 48.2 Å². The van der Waals surface area contributed by atoms with Gasteiger partial charge < -0.3 is 9.47 Å². The molecule has 1 fully saturated rings. The lowest BCUT2D eigenvalue weighted by Crippen LogP contribution is -2.48. The van der Waals surface area contributed by atoms with Crippen LogP contribution in [0.5, 0.6) is 0 Å². The minimum atomic E-state index is -1.23. The second kappa shape index (κ2) is 5.29. The second-order valence-electron chi connectivity index (χ2n) is 5.97. The zero-order chi connectivity index (χ0) is 13.2. The Bertz CT molecular complexity index is 408. The van der Waals surface area contributed by atoms with Gasteiger partial charge in [0.1, 0.15) is 6.10 Å². The van der Waals surface area contributed by atoms with Crippen LogP contribution in [0.3, 0.4) is 0 Å². The van der Waals surface area contributed by atoms with Crippen LogP contribution in [0.15, 0.2) is 42.7 Å². The fourth-order valence-electron chi connectivity index (χ4n) is 2.51. The maximum absolute atomic E-state index is 5.75. The summed E-state index contributed by atoms with van der Waals surface area (Å²) < 4.78 is 11.4. The average Bonchev–Trinajstić information content (AvgIpc) is 2.26. The van der Waals surface area contributed by atoms with E-state index in [0.29, 0.717) is 18.8 Å². The van der Waals surface area contributed by atoms with Gasteiger partial charge in [-0.05, 0) is 5.56 Å². The quantitative estimate of drug-likeness (QED) is 0.751. The zero-order valence-corrected chi connectivity index (χ0v) is 12.5. The molecule has 0 radical (unpaired) electrons. The molecule has 0 saturated carbocycles. The van der Waals surface area contributed by atoms with Gasteiger partial charge >= 0.3 is 0 Å². The fraction of sp³-hybridized carbons (Fsp3) is 0.467. The highest BCUT2D eigenvalue weighted by Crippen LogP contribution is 2.44. The molecule has 1 aromatic carbocycles. The van der Waals surface area contributed by atoms with Gasteiger partial charge in [-0.3, -0.25) is 0 Å². The summed E-state index contributed by atoms with van der Waals surface area (Å²) >= 11 is 0. The van der Waals surface area contributed by atoms with E-state index >= 15 is 0 Å². The van der Waals surface area contributed by atoms with E-state index in [1.165, 1.54) is 5.56 Å². The fourth-order valence-corrected chi connectivity index (χ4v) is 4.82. The van der Waals surface area contributed by atoms with Gasteiger partial charge in [0.2, 0.25) is 0 Å². The van der Waals surface area contributed by atoms with Crippen LogP contribution in [0.1, 0.15) is 5.56 Å². The molecule has 1 aliphatic rings. The largest absolute Gasteiger partial charge is 0.492 e. The first-order chi connectivity index (χ1) is 8.48. The molecule has 98 valence electrons. The first-order valence-electron chi connectivity index (χ1n) is 6.45. The van der Waals surface area contributed by atoms with Crippen LogP contribution in [0.4, 0.5) is 0 Å². The lowest BCUT2D eigenvalue weighted by atomic mass is 10.1. The predicted octanol–water partition coefficient (Wildman–Crippen LogP) is 3.82. The van der Waals surface area contributed by atoms with Gasteiger partial charge in [-0.25, -0.2) is 0 Å². The van der Waals surface area contributed by atoms with E-state index in [4.69, 9.17) is 9.47 Å². The SMILES string of the molecule is C=C1OC(COCc2ccccc2)C1[Si](C)(C)C. The Kier molecular flexibility index (Phi) is 3.93. The number of ether oxygens (including phenoxy) is 2. The van der Waals surface area contributed by atoms with Gasteiger partial charge in [-0.15, -0.1) is 0 Å². The molecule has 1 aromatic rings. The summed E-state index contributed by atoms with van der Waals surface area (Å²) in [6.07, 6.45) is 0.216. The molecular formula is C15H22O2Si. The molecule has 18 heavy (non-hydrogen) atoms. The molecule has 2 nitrogen and oxygen atoms in total. The monoisotopic (exact) mass is 262 g/mol. The number of rotatable bonds is 5. The zero-order valence-electron chi connectivity index (χ0n) is 11.5. The lowest BCUT2D eigenvalue weighted by molar-refractivity contribution is -0.0488. The van der Waals surface area contributed by atoms with E-state index in [9.17, 15) is 0 Å². The topological polar surface area (TPSA) is 18.5 Å². The van der Waals surface area contributed by atoms with Crippen molar-refractivity contribution < 1.29 is 9.47 Å². The van der Waals surface area contributed by atoms with Crippen LogP contribution in [-0.2, 0) is 16.1 Å². The summed E-state index contributed by atoms with van der Waals surface area (Å²) in [4.78, 5) is 0. The van der Waals surface area contributed by atoms with E-state index in [0.717, 1.165) is 5.76 Å². The summed E-state index contributed by atoms with van der Waals surface area (Å²) in [6.45, 7) is 12.4. The van der Waals surface area contributed by atoms with E-state index in [1.54, 1.807) is 0 Å². The van der Waals surface area contributed by atoms with Crippen molar-refractivity contribution in [3.63, 3.8) is 0 Å².